The van der Waals surface area contributed by atoms with Crippen LogP contribution in [0.15, 0.2) is 36.5 Å². The Morgan fingerprint density at radius 1 is 1.32 bits per heavy atom. The van der Waals surface area contributed by atoms with E-state index in [4.69, 9.17) is 20.5 Å². The number of hydrogen-bond acceptors (Lipinski definition) is 5. The molecule has 0 fully saturated rings. The molecule has 5 nitrogen and oxygen atoms in total. The number of ether oxygens (including phenoxy) is 2. The molecule has 96 valence electrons. The molecule has 2 aromatic rings. The zero-order valence-corrected chi connectivity index (χ0v) is 10.5. The number of aromatic nitrogens is 1. The fourth-order valence-corrected chi connectivity index (χ4v) is 1.54. The Bertz CT molecular complexity index is 603. The summed E-state index contributed by atoms with van der Waals surface area (Å²) in [4.78, 5) is 4.00. The summed E-state index contributed by atoms with van der Waals surface area (Å²) >= 11 is 0. The molecule has 0 aliphatic rings. The van der Waals surface area contributed by atoms with Crippen LogP contribution in [0.3, 0.4) is 0 Å². The van der Waals surface area contributed by atoms with E-state index in [2.05, 4.69) is 4.98 Å². The summed E-state index contributed by atoms with van der Waals surface area (Å²) in [7, 11) is 1.61. The summed E-state index contributed by atoms with van der Waals surface area (Å²) in [5, 5.41) is 8.97. The molecule has 0 amide bonds. The van der Waals surface area contributed by atoms with Gasteiger partial charge in [0, 0.05) is 0 Å². The number of nitriles is 1. The average Bonchev–Trinajstić information content (AvgIpc) is 2.46. The van der Waals surface area contributed by atoms with E-state index in [1.165, 1.54) is 12.3 Å². The maximum atomic E-state index is 8.97. The molecule has 0 saturated carbocycles. The summed E-state index contributed by atoms with van der Waals surface area (Å²) in [6.07, 6.45) is 1.46. The molecule has 0 spiro atoms. The van der Waals surface area contributed by atoms with Crippen LogP contribution in [0.1, 0.15) is 11.1 Å². The Balaban J connectivity index is 2.08. The standard InChI is InChI=1S/C14H13N3O2/c1-18-13-4-2-10(3-5-13)9-19-14-11(7-15)6-12(16)8-17-14/h2-6,8H,9,16H2,1H3. The van der Waals surface area contributed by atoms with Crippen molar-refractivity contribution >= 4 is 5.69 Å². The van der Waals surface area contributed by atoms with Crippen LogP contribution in [-0.2, 0) is 6.61 Å². The van der Waals surface area contributed by atoms with Crippen molar-refractivity contribution in [2.75, 3.05) is 12.8 Å². The Morgan fingerprint density at radius 3 is 2.68 bits per heavy atom. The second-order valence-electron chi connectivity index (χ2n) is 3.87. The minimum absolute atomic E-state index is 0.285. The first-order chi connectivity index (χ1) is 9.22. The molecule has 0 aliphatic carbocycles. The van der Waals surface area contributed by atoms with Gasteiger partial charge in [0.25, 0.3) is 0 Å². The highest BCUT2D eigenvalue weighted by Gasteiger charge is 2.06. The summed E-state index contributed by atoms with van der Waals surface area (Å²) in [6, 6.07) is 11.0. The third-order valence-corrected chi connectivity index (χ3v) is 2.53. The fourth-order valence-electron chi connectivity index (χ4n) is 1.54. The molecule has 1 aromatic carbocycles. The number of benzene rings is 1. The normalized spacial score (nSPS) is 9.68. The zero-order valence-electron chi connectivity index (χ0n) is 10.5. The monoisotopic (exact) mass is 255 g/mol. The zero-order chi connectivity index (χ0) is 13.7. The first-order valence-corrected chi connectivity index (χ1v) is 5.64. The second-order valence-corrected chi connectivity index (χ2v) is 3.87. The fraction of sp³-hybridized carbons (Fsp3) is 0.143. The van der Waals surface area contributed by atoms with Gasteiger partial charge in [-0.15, -0.1) is 0 Å². The van der Waals surface area contributed by atoms with Gasteiger partial charge in [0.1, 0.15) is 24.0 Å². The lowest BCUT2D eigenvalue weighted by Gasteiger charge is -2.07. The molecule has 1 heterocycles. The summed E-state index contributed by atoms with van der Waals surface area (Å²) in [6.45, 7) is 0.329. The highest BCUT2D eigenvalue weighted by Crippen LogP contribution is 2.19. The third kappa shape index (κ3) is 3.13. The predicted molar refractivity (Wildman–Crippen MR) is 70.7 cm³/mol. The summed E-state index contributed by atoms with van der Waals surface area (Å²) < 4.78 is 10.6. The van der Waals surface area contributed by atoms with Crippen molar-refractivity contribution in [1.82, 2.24) is 4.98 Å². The Hall–Kier alpha value is -2.74. The molecule has 1 aromatic heterocycles. The summed E-state index contributed by atoms with van der Waals surface area (Å²) in [5.41, 5.74) is 7.29. The molecule has 2 N–H and O–H groups in total. The number of pyridine rings is 1. The van der Waals surface area contributed by atoms with Crippen molar-refractivity contribution in [2.45, 2.75) is 6.61 Å². The van der Waals surface area contributed by atoms with Gasteiger partial charge in [-0.25, -0.2) is 4.98 Å². The maximum Gasteiger partial charge on any atom is 0.232 e. The average molecular weight is 255 g/mol. The highest BCUT2D eigenvalue weighted by atomic mass is 16.5. The largest absolute Gasteiger partial charge is 0.497 e. The van der Waals surface area contributed by atoms with Gasteiger partial charge in [-0.3, -0.25) is 0 Å². The first-order valence-electron chi connectivity index (χ1n) is 5.64. The molecule has 0 aliphatic heterocycles. The van der Waals surface area contributed by atoms with E-state index >= 15 is 0 Å². The molecule has 0 saturated heterocycles. The van der Waals surface area contributed by atoms with Crippen molar-refractivity contribution in [3.05, 3.63) is 47.7 Å². The number of nitrogens with two attached hydrogens (primary N) is 1. The van der Waals surface area contributed by atoms with Gasteiger partial charge in [0.2, 0.25) is 5.88 Å². The smallest absolute Gasteiger partial charge is 0.232 e. The number of methoxy groups -OCH3 is 1. The minimum atomic E-state index is 0.285. The van der Waals surface area contributed by atoms with E-state index in [9.17, 15) is 0 Å². The van der Waals surface area contributed by atoms with Crippen molar-refractivity contribution < 1.29 is 9.47 Å². The van der Waals surface area contributed by atoms with Gasteiger partial charge < -0.3 is 15.2 Å². The van der Waals surface area contributed by atoms with Crippen LogP contribution < -0.4 is 15.2 Å². The third-order valence-electron chi connectivity index (χ3n) is 2.53. The first kappa shape index (κ1) is 12.7. The van der Waals surface area contributed by atoms with Crippen LogP contribution in [0.5, 0.6) is 11.6 Å². The molecule has 0 radical (unpaired) electrons. The van der Waals surface area contributed by atoms with Crippen molar-refractivity contribution in [3.8, 4) is 17.7 Å². The van der Waals surface area contributed by atoms with Crippen molar-refractivity contribution in [1.29, 1.82) is 5.26 Å². The van der Waals surface area contributed by atoms with Crippen LogP contribution in [0.25, 0.3) is 0 Å². The quantitative estimate of drug-likeness (QED) is 0.905. The van der Waals surface area contributed by atoms with Gasteiger partial charge in [-0.05, 0) is 23.8 Å². The summed E-state index contributed by atoms with van der Waals surface area (Å²) in [5.74, 6) is 1.07. The SMILES string of the molecule is COc1ccc(COc2ncc(N)cc2C#N)cc1. The van der Waals surface area contributed by atoms with Gasteiger partial charge in [-0.1, -0.05) is 12.1 Å². The van der Waals surface area contributed by atoms with Gasteiger partial charge in [-0.2, -0.15) is 5.26 Å². The number of nitrogen functional groups attached to an aromatic ring is 1. The van der Waals surface area contributed by atoms with Gasteiger partial charge in [0.05, 0.1) is 19.0 Å². The molecular weight excluding hydrogens is 242 g/mol. The Kier molecular flexibility index (Phi) is 3.84. The van der Waals surface area contributed by atoms with Crippen LogP contribution in [0.4, 0.5) is 5.69 Å². The molecule has 5 heteroatoms. The molecular formula is C14H13N3O2. The minimum Gasteiger partial charge on any atom is -0.497 e. The lowest BCUT2D eigenvalue weighted by Crippen LogP contribution is -2.00. The lowest BCUT2D eigenvalue weighted by molar-refractivity contribution is 0.293. The van der Waals surface area contributed by atoms with E-state index in [0.717, 1.165) is 11.3 Å². The molecule has 19 heavy (non-hydrogen) atoms. The van der Waals surface area contributed by atoms with Crippen molar-refractivity contribution in [3.63, 3.8) is 0 Å². The van der Waals surface area contributed by atoms with Crippen LogP contribution >= 0.6 is 0 Å². The maximum absolute atomic E-state index is 8.97. The number of nitrogens with zero attached hydrogens (tertiary/aromatic N) is 2. The topological polar surface area (TPSA) is 81.2 Å². The Labute approximate surface area is 111 Å². The van der Waals surface area contributed by atoms with Crippen LogP contribution in [0, 0.1) is 11.3 Å². The van der Waals surface area contributed by atoms with Gasteiger partial charge in [0.15, 0.2) is 0 Å². The van der Waals surface area contributed by atoms with Crippen LogP contribution in [-0.4, -0.2) is 12.1 Å². The van der Waals surface area contributed by atoms with E-state index in [0.29, 0.717) is 17.9 Å². The van der Waals surface area contributed by atoms with Crippen molar-refractivity contribution in [2.24, 2.45) is 0 Å². The predicted octanol–water partition coefficient (Wildman–Crippen LogP) is 2.12. The number of anilines is 1. The van der Waals surface area contributed by atoms with E-state index in [-0.39, 0.29) is 5.88 Å². The number of hydrogen-bond donors (Lipinski definition) is 1. The molecule has 0 bridgehead atoms. The van der Waals surface area contributed by atoms with E-state index < -0.39 is 0 Å². The van der Waals surface area contributed by atoms with Crippen LogP contribution in [0.2, 0.25) is 0 Å². The van der Waals surface area contributed by atoms with E-state index in [1.807, 2.05) is 30.3 Å². The Morgan fingerprint density at radius 2 is 2.05 bits per heavy atom. The molecule has 0 unspecified atom stereocenters. The highest BCUT2D eigenvalue weighted by molar-refractivity contribution is 5.48. The lowest BCUT2D eigenvalue weighted by atomic mass is 10.2. The van der Waals surface area contributed by atoms with E-state index in [1.54, 1.807) is 7.11 Å². The van der Waals surface area contributed by atoms with Gasteiger partial charge >= 0.3 is 0 Å². The molecule has 2 rings (SSSR count). The molecule has 0 atom stereocenters. The second kappa shape index (κ2) is 5.74. The number of rotatable bonds is 4.